The van der Waals surface area contributed by atoms with Gasteiger partial charge in [0.2, 0.25) is 5.65 Å². The monoisotopic (exact) mass is 481 g/mol. The number of hydrogen-bond acceptors (Lipinski definition) is 7. The van der Waals surface area contributed by atoms with Crippen LogP contribution in [0.4, 0.5) is 11.5 Å². The van der Waals surface area contributed by atoms with Crippen molar-refractivity contribution < 1.29 is 0 Å². The topological polar surface area (TPSA) is 70.6 Å². The molecule has 184 valence electrons. The molecule has 0 aliphatic carbocycles. The molecular weight excluding hydrogens is 450 g/mol. The number of aryl methyl sites for hydroxylation is 1. The summed E-state index contributed by atoms with van der Waals surface area (Å²) in [6.45, 7) is 6.86. The van der Waals surface area contributed by atoms with E-state index in [1.807, 2.05) is 36.5 Å². The van der Waals surface area contributed by atoms with Crippen LogP contribution in [0.5, 0.6) is 0 Å². The highest BCUT2D eigenvalue weighted by Gasteiger charge is 2.21. The summed E-state index contributed by atoms with van der Waals surface area (Å²) in [7, 11) is 6.14. The molecule has 1 saturated heterocycles. The van der Waals surface area contributed by atoms with Gasteiger partial charge in [0.1, 0.15) is 11.5 Å². The van der Waals surface area contributed by atoms with E-state index in [4.69, 9.17) is 9.97 Å². The summed E-state index contributed by atoms with van der Waals surface area (Å²) >= 11 is 0. The number of fused-ring (bicyclic) bond motifs is 2. The van der Waals surface area contributed by atoms with Crippen molar-refractivity contribution in [3.63, 3.8) is 0 Å². The predicted octanol–water partition coefficient (Wildman–Crippen LogP) is 3.32. The summed E-state index contributed by atoms with van der Waals surface area (Å²) < 4.78 is 4.29. The number of rotatable bonds is 5. The summed E-state index contributed by atoms with van der Waals surface area (Å²) in [5.74, 6) is 2.42. The fourth-order valence-corrected chi connectivity index (χ4v) is 4.89. The lowest BCUT2D eigenvalue weighted by Crippen LogP contribution is -2.44. The number of piperazine rings is 1. The van der Waals surface area contributed by atoms with Gasteiger partial charge in [-0.3, -0.25) is 4.40 Å². The molecule has 36 heavy (non-hydrogen) atoms. The number of aromatic nitrogens is 6. The zero-order chi connectivity index (χ0) is 24.8. The molecule has 0 spiro atoms. The predicted molar refractivity (Wildman–Crippen MR) is 144 cm³/mol. The molecule has 0 bridgehead atoms. The highest BCUT2D eigenvalue weighted by Crippen LogP contribution is 2.30. The average Bonchev–Trinajstić information content (AvgIpc) is 3.44. The van der Waals surface area contributed by atoms with Crippen molar-refractivity contribution in [2.24, 2.45) is 0 Å². The molecule has 1 fully saturated rings. The van der Waals surface area contributed by atoms with Gasteiger partial charge in [0, 0.05) is 58.7 Å². The van der Waals surface area contributed by atoms with Crippen LogP contribution in [0.1, 0.15) is 11.4 Å². The van der Waals surface area contributed by atoms with Gasteiger partial charge in [0.25, 0.3) is 0 Å². The van der Waals surface area contributed by atoms with Crippen molar-refractivity contribution in [3.8, 4) is 11.5 Å². The minimum absolute atomic E-state index is 0.705. The molecule has 0 saturated carbocycles. The first-order valence-corrected chi connectivity index (χ1v) is 12.4. The molecule has 1 aliphatic rings. The van der Waals surface area contributed by atoms with Gasteiger partial charge in [0.05, 0.1) is 11.0 Å². The van der Waals surface area contributed by atoms with E-state index >= 15 is 0 Å². The van der Waals surface area contributed by atoms with E-state index in [2.05, 4.69) is 80.1 Å². The molecular formula is C27H31N9. The van der Waals surface area contributed by atoms with Gasteiger partial charge >= 0.3 is 0 Å². The standard InChI is InChI=1S/C27H31N9/c1-19-30-31-27-26(32(2)3)29-23(18-35(19)27)25-28-22-11-10-21(34-14-12-33(4)13-15-34)16-24(22)36(25)17-20-8-6-5-7-9-20/h5-11,16,18H,12-15,17H2,1-4H3. The lowest BCUT2D eigenvalue weighted by Gasteiger charge is -2.34. The lowest BCUT2D eigenvalue weighted by molar-refractivity contribution is 0.313. The fourth-order valence-electron chi connectivity index (χ4n) is 4.89. The zero-order valence-corrected chi connectivity index (χ0v) is 21.3. The van der Waals surface area contributed by atoms with Gasteiger partial charge < -0.3 is 19.3 Å². The second-order valence-electron chi connectivity index (χ2n) is 9.76. The van der Waals surface area contributed by atoms with Gasteiger partial charge in [-0.15, -0.1) is 10.2 Å². The number of benzene rings is 2. The first kappa shape index (κ1) is 22.5. The SMILES string of the molecule is Cc1nnc2c(N(C)C)nc(-c3nc4ccc(N5CCN(C)CC5)cc4n3Cc3ccccc3)cn12. The first-order valence-electron chi connectivity index (χ1n) is 12.4. The summed E-state index contributed by atoms with van der Waals surface area (Å²) in [5, 5.41) is 8.63. The maximum Gasteiger partial charge on any atom is 0.203 e. The molecule has 1 aliphatic heterocycles. The third-order valence-corrected chi connectivity index (χ3v) is 6.98. The van der Waals surface area contributed by atoms with Crippen LogP contribution in [0.3, 0.4) is 0 Å². The Morgan fingerprint density at radius 1 is 0.917 bits per heavy atom. The van der Waals surface area contributed by atoms with Crippen molar-refractivity contribution in [3.05, 3.63) is 66.1 Å². The summed E-state index contributed by atoms with van der Waals surface area (Å²) in [6.07, 6.45) is 2.00. The molecule has 9 heteroatoms. The van der Waals surface area contributed by atoms with Crippen LogP contribution >= 0.6 is 0 Å². The van der Waals surface area contributed by atoms with Crippen molar-refractivity contribution in [1.29, 1.82) is 0 Å². The van der Waals surface area contributed by atoms with Crippen LogP contribution in [0.2, 0.25) is 0 Å². The minimum Gasteiger partial charge on any atom is -0.369 e. The zero-order valence-electron chi connectivity index (χ0n) is 21.3. The van der Waals surface area contributed by atoms with Gasteiger partial charge in [-0.2, -0.15) is 0 Å². The largest absolute Gasteiger partial charge is 0.369 e. The molecule has 2 aromatic carbocycles. The van der Waals surface area contributed by atoms with Gasteiger partial charge in [-0.25, -0.2) is 9.97 Å². The van der Waals surface area contributed by atoms with Crippen LogP contribution in [0, 0.1) is 6.92 Å². The van der Waals surface area contributed by atoms with Gasteiger partial charge in [-0.05, 0) is 37.7 Å². The van der Waals surface area contributed by atoms with E-state index in [1.165, 1.54) is 11.3 Å². The van der Waals surface area contributed by atoms with E-state index in [0.717, 1.165) is 66.0 Å². The molecule has 9 nitrogen and oxygen atoms in total. The molecule has 5 aromatic rings. The maximum atomic E-state index is 5.10. The fraction of sp³-hybridized carbons (Fsp3) is 0.333. The number of imidazole rings is 1. The van der Waals surface area contributed by atoms with E-state index < -0.39 is 0 Å². The number of anilines is 2. The van der Waals surface area contributed by atoms with Crippen molar-refractivity contribution in [2.45, 2.75) is 13.5 Å². The van der Waals surface area contributed by atoms with E-state index in [9.17, 15) is 0 Å². The Balaban J connectivity index is 1.54. The summed E-state index contributed by atoms with van der Waals surface area (Å²) in [4.78, 5) is 16.9. The maximum absolute atomic E-state index is 5.10. The van der Waals surface area contributed by atoms with Crippen molar-refractivity contribution in [1.82, 2.24) is 34.0 Å². The average molecular weight is 482 g/mol. The summed E-state index contributed by atoms with van der Waals surface area (Å²) in [5.41, 5.74) is 6.07. The Morgan fingerprint density at radius 2 is 1.69 bits per heavy atom. The van der Waals surface area contributed by atoms with E-state index in [-0.39, 0.29) is 0 Å². The van der Waals surface area contributed by atoms with Crippen LogP contribution in [-0.4, -0.2) is 81.4 Å². The number of hydrogen-bond donors (Lipinski definition) is 0. The van der Waals surface area contributed by atoms with Crippen LogP contribution < -0.4 is 9.80 Å². The van der Waals surface area contributed by atoms with Crippen LogP contribution in [0.25, 0.3) is 28.2 Å². The molecule has 0 atom stereocenters. The van der Waals surface area contributed by atoms with Gasteiger partial charge in [-0.1, -0.05) is 30.3 Å². The summed E-state index contributed by atoms with van der Waals surface area (Å²) in [6, 6.07) is 17.2. The Hall–Kier alpha value is -3.98. The van der Waals surface area contributed by atoms with Crippen molar-refractivity contribution in [2.75, 3.05) is 57.1 Å². The third kappa shape index (κ3) is 3.95. The highest BCUT2D eigenvalue weighted by molar-refractivity contribution is 5.84. The molecule has 0 radical (unpaired) electrons. The highest BCUT2D eigenvalue weighted by atomic mass is 15.3. The Kier molecular flexibility index (Phi) is 5.56. The second-order valence-corrected chi connectivity index (χ2v) is 9.76. The smallest absolute Gasteiger partial charge is 0.203 e. The molecule has 4 heterocycles. The second kappa shape index (κ2) is 8.91. The van der Waals surface area contributed by atoms with Crippen molar-refractivity contribution >= 4 is 28.2 Å². The normalized spacial score (nSPS) is 14.7. The van der Waals surface area contributed by atoms with Gasteiger partial charge in [0.15, 0.2) is 11.6 Å². The molecule has 0 amide bonds. The number of likely N-dealkylation sites (N-methyl/N-ethyl adjacent to an activating group) is 1. The van der Waals surface area contributed by atoms with Crippen LogP contribution in [-0.2, 0) is 6.54 Å². The molecule has 3 aromatic heterocycles. The number of nitrogens with zero attached hydrogens (tertiary/aromatic N) is 9. The first-order chi connectivity index (χ1) is 17.5. The molecule has 0 N–H and O–H groups in total. The third-order valence-electron chi connectivity index (χ3n) is 6.98. The Labute approximate surface area is 210 Å². The van der Waals surface area contributed by atoms with E-state index in [1.54, 1.807) is 0 Å². The lowest BCUT2D eigenvalue weighted by atomic mass is 10.2. The van der Waals surface area contributed by atoms with E-state index in [0.29, 0.717) is 6.54 Å². The molecule has 0 unspecified atom stereocenters. The minimum atomic E-state index is 0.705. The molecule has 6 rings (SSSR count). The Bertz CT molecular complexity index is 1530. The van der Waals surface area contributed by atoms with Crippen LogP contribution in [0.15, 0.2) is 54.7 Å². The Morgan fingerprint density at radius 3 is 2.44 bits per heavy atom. The quantitative estimate of drug-likeness (QED) is 0.381.